The van der Waals surface area contributed by atoms with Gasteiger partial charge in [0.05, 0.1) is 103 Å². The maximum absolute atomic E-state index is 14.5. The molecule has 0 saturated carbocycles. The third kappa shape index (κ3) is 22.2. The van der Waals surface area contributed by atoms with Crippen LogP contribution >= 0.6 is 0 Å². The first-order valence-corrected chi connectivity index (χ1v) is 42.4. The molecule has 638 valence electrons. The van der Waals surface area contributed by atoms with Gasteiger partial charge in [0.25, 0.3) is 0 Å². The molecule has 4 N–H and O–H groups in total. The average molecular weight is 1580 g/mol. The molecule has 6 saturated heterocycles. The zero-order valence-corrected chi connectivity index (χ0v) is 73.6. The Morgan fingerprint density at radius 3 is 1.29 bits per heavy atom. The van der Waals surface area contributed by atoms with Crippen molar-refractivity contribution in [3.05, 3.63) is 60.8 Å². The van der Waals surface area contributed by atoms with Crippen LogP contribution in [0.2, 0.25) is 0 Å². The molecule has 21 heteroatoms. The van der Waals surface area contributed by atoms with Crippen molar-refractivity contribution in [3.8, 4) is 0 Å². The number of aliphatic hydroxyl groups is 4. The predicted octanol–water partition coefficient (Wildman–Crippen LogP) is 15.8. The van der Waals surface area contributed by atoms with E-state index in [4.69, 9.17) is 56.8 Å². The van der Waals surface area contributed by atoms with Crippen LogP contribution in [0.4, 0.5) is 0 Å². The van der Waals surface area contributed by atoms with E-state index in [-0.39, 0.29) is 109 Å². The summed E-state index contributed by atoms with van der Waals surface area (Å²) in [6.45, 7) is 59.1. The molecule has 0 aliphatic carbocycles. The third-order valence-corrected chi connectivity index (χ3v) is 27.9. The van der Waals surface area contributed by atoms with Crippen molar-refractivity contribution in [3.63, 3.8) is 0 Å². The molecule has 6 aliphatic heterocycles. The third-order valence-electron chi connectivity index (χ3n) is 27.9. The molecule has 6 fully saturated rings. The Kier molecular flexibility index (Phi) is 33.2. The van der Waals surface area contributed by atoms with Crippen LogP contribution in [0.25, 0.3) is 17.0 Å². The van der Waals surface area contributed by atoms with Gasteiger partial charge in [0.2, 0.25) is 0 Å². The Morgan fingerprint density at radius 1 is 0.518 bits per heavy atom. The predicted molar refractivity (Wildman–Crippen MR) is 434 cm³/mol. The smallest absolute Gasteiger partial charge is 0.311 e. The molecule has 2 aromatic rings. The van der Waals surface area contributed by atoms with Crippen molar-refractivity contribution in [2.45, 2.75) is 366 Å². The van der Waals surface area contributed by atoms with Crippen LogP contribution in [0, 0.1) is 93.7 Å². The van der Waals surface area contributed by atoms with Crippen LogP contribution in [-0.2, 0) is 76.0 Å². The lowest BCUT2D eigenvalue weighted by Gasteiger charge is -2.50. The van der Waals surface area contributed by atoms with E-state index in [1.165, 1.54) is 13.8 Å². The summed E-state index contributed by atoms with van der Waals surface area (Å²) in [7, 11) is 0. The second kappa shape index (κ2) is 39.1. The zero-order chi connectivity index (χ0) is 84.0. The van der Waals surface area contributed by atoms with Crippen molar-refractivity contribution in [2.24, 2.45) is 93.7 Å². The van der Waals surface area contributed by atoms with Gasteiger partial charge < -0.3 is 77.3 Å². The molecule has 1 aromatic carbocycles. The normalized spacial score (nSPS) is 44.6. The maximum Gasteiger partial charge on any atom is 0.311 e. The highest BCUT2D eigenvalue weighted by Gasteiger charge is 2.57. The number of carbonyl (C=O) groups is 4. The first kappa shape index (κ1) is 95.0. The second-order valence-corrected chi connectivity index (χ2v) is 37.9. The number of esters is 2. The number of fused-ring (bicyclic) bond motifs is 1. The van der Waals surface area contributed by atoms with Gasteiger partial charge in [0, 0.05) is 71.8 Å². The molecule has 0 spiro atoms. The van der Waals surface area contributed by atoms with Gasteiger partial charge in [-0.05, 0) is 160 Å². The number of benzene rings is 1. The molecule has 21 nitrogen and oxygen atoms in total. The fraction of sp³-hybridized carbons (Fsp3) is 0.813. The van der Waals surface area contributed by atoms with Gasteiger partial charge in [0.1, 0.15) is 35.0 Å². The minimum Gasteiger partial charge on any atom is -0.459 e. The summed E-state index contributed by atoms with van der Waals surface area (Å²) in [6, 6.07) is 10.0. The summed E-state index contributed by atoms with van der Waals surface area (Å²) >= 11 is 0. The van der Waals surface area contributed by atoms with Crippen LogP contribution < -0.4 is 0 Å². The molecular formula is C91H149NO20. The van der Waals surface area contributed by atoms with E-state index < -0.39 is 156 Å². The second-order valence-electron chi connectivity index (χ2n) is 37.9. The molecule has 34 atom stereocenters. The Balaban J connectivity index is 0.000000316. The van der Waals surface area contributed by atoms with Gasteiger partial charge in [0.15, 0.2) is 25.2 Å². The zero-order valence-electron chi connectivity index (χ0n) is 73.6. The number of ether oxygens (including phenoxy) is 12. The molecule has 6 aliphatic rings. The molecule has 0 amide bonds. The topological polar surface area (TPSA) is 273 Å². The van der Waals surface area contributed by atoms with Crippen LogP contribution in [0.15, 0.2) is 55.3 Å². The summed E-state index contributed by atoms with van der Waals surface area (Å²) < 4.78 is 80.3. The van der Waals surface area contributed by atoms with E-state index in [2.05, 4.69) is 101 Å². The summed E-state index contributed by atoms with van der Waals surface area (Å²) in [5.41, 5.74) is -4.52. The van der Waals surface area contributed by atoms with Crippen molar-refractivity contribution in [1.82, 2.24) is 4.98 Å². The largest absolute Gasteiger partial charge is 0.459 e. The van der Waals surface area contributed by atoms with Crippen LogP contribution in [0.5, 0.6) is 0 Å². The number of nitrogens with zero attached hydrogens (tertiary/aromatic N) is 1. The summed E-state index contributed by atoms with van der Waals surface area (Å²) in [5, 5.41) is 47.8. The monoisotopic (exact) mass is 1580 g/mol. The number of ketones is 2. The van der Waals surface area contributed by atoms with Crippen molar-refractivity contribution < 1.29 is 96.4 Å². The van der Waals surface area contributed by atoms with Gasteiger partial charge in [-0.25, -0.2) is 0 Å². The number of aliphatic hydroxyl groups excluding tert-OH is 2. The van der Waals surface area contributed by atoms with E-state index in [9.17, 15) is 39.6 Å². The quantitative estimate of drug-likeness (QED) is 0.0846. The SMILES string of the molecule is C=CCO[C@@]1(C)C[C@H](C)C(=O)[C@H](C)[C@@H](O)[C@](C)(O)[C@@H](CC)OC(=O)[C@H](C)[C@@H](O[C@H]2CC(C)(C)[C@@H](C)[C@H](C)O2)[C@H](C)[C@H]1OC1O[C@H](C)C[C@H](C)[C@H]1C.CC[C@H]1OC(=O)[C@H](C)[C@@H](O[C@H]2CC(C)(C)[C@@H](C)[C@H](C)O2)[C@H](C)[C@@H](OC2O[C@H](C)C[C@H](C)[C@H]2C)[C@@](C)(OC/C=C/c2cnc3ccccc3c2)C[C@H](C)C(=O)[C@H](C)[C@@H](O)[C@]1(C)O. The van der Waals surface area contributed by atoms with Crippen molar-refractivity contribution in [1.29, 1.82) is 0 Å². The number of aromatic nitrogens is 1. The number of hydrogen-bond acceptors (Lipinski definition) is 21. The number of para-hydroxylation sites is 1. The van der Waals surface area contributed by atoms with Gasteiger partial charge in [-0.15, -0.1) is 6.58 Å². The highest BCUT2D eigenvalue weighted by Crippen LogP contribution is 2.49. The molecule has 1 aromatic heterocycles. The van der Waals surface area contributed by atoms with E-state index in [0.29, 0.717) is 24.7 Å². The molecule has 112 heavy (non-hydrogen) atoms. The standard InChI is InChI=1S/C50H77NO10.C41H72O10/c1-15-40-50(14,55)44(53)32(6)42(52)29(3)25-49(13,56-22-18-19-37-24-38-20-16-17-21-39(38)51-27-37)45(61-47-31(5)28(2)23-30(4)57-47)33(7)43(34(8)46(54)59-40)60-41-26-48(11,12)35(9)36(10)58-41;1-16-18-46-40(14)20-23(4)33(42)26(7)35(43)41(15,45)31(17-2)49-37(44)28(9)34(50-32-21-39(12,13)29(10)30(11)48-32)27(8)36(40)51-38-25(6)22(3)19-24(5)47-38/h16-21,24,27-36,40-41,43-45,47,53,55H,15,22-23,25-26H2,1-14H3;16,22-32,34-36,38,43,45H,1,17-21H2,2-15H3/b19-18+;/t28-,29-,30+,31+,32-,33-,34+,35-,36-,40+,41-,43-,44+,45+,47?,49-,50+;22-,23-,24+,25+,26-,27-,28+,29-,30-,31+,32-,34-,35+,36+,38?,40-,41+/m00/s1. The Bertz CT molecular complexity index is 3410. The number of pyridine rings is 1. The Labute approximate surface area is 672 Å². The van der Waals surface area contributed by atoms with E-state index in [1.54, 1.807) is 47.6 Å². The van der Waals surface area contributed by atoms with Gasteiger partial charge in [-0.2, -0.15) is 0 Å². The maximum atomic E-state index is 14.5. The molecule has 0 radical (unpaired) electrons. The number of hydrogen-bond donors (Lipinski definition) is 4. The molecular weight excluding hydrogens is 1430 g/mol. The lowest BCUT2D eigenvalue weighted by atomic mass is 9.72. The van der Waals surface area contributed by atoms with Gasteiger partial charge >= 0.3 is 11.9 Å². The van der Waals surface area contributed by atoms with Crippen LogP contribution in [0.1, 0.15) is 251 Å². The van der Waals surface area contributed by atoms with Gasteiger partial charge in [-0.1, -0.05) is 161 Å². The van der Waals surface area contributed by atoms with E-state index >= 15 is 0 Å². The fourth-order valence-corrected chi connectivity index (χ4v) is 19.0. The average Bonchev–Trinajstić information content (AvgIpc) is 0.773. The van der Waals surface area contributed by atoms with Crippen LogP contribution in [-0.4, -0.2) is 183 Å². The molecule has 2 unspecified atom stereocenters. The molecule has 0 bridgehead atoms. The first-order valence-electron chi connectivity index (χ1n) is 42.4. The van der Waals surface area contributed by atoms with Gasteiger partial charge in [-0.3, -0.25) is 24.2 Å². The summed E-state index contributed by atoms with van der Waals surface area (Å²) in [5.74, 6) is -6.43. The first-order chi connectivity index (χ1) is 52.0. The lowest BCUT2D eigenvalue weighted by molar-refractivity contribution is -0.304. The lowest BCUT2D eigenvalue weighted by Crippen LogP contribution is -2.59. The summed E-state index contributed by atoms with van der Waals surface area (Å²) in [6.07, 6.45) is 0.134. The van der Waals surface area contributed by atoms with Crippen LogP contribution in [0.3, 0.4) is 0 Å². The van der Waals surface area contributed by atoms with E-state index in [0.717, 1.165) is 29.3 Å². The minimum atomic E-state index is -1.93. The Morgan fingerprint density at radius 2 is 0.911 bits per heavy atom. The summed E-state index contributed by atoms with van der Waals surface area (Å²) in [4.78, 5) is 61.9. The van der Waals surface area contributed by atoms with Crippen molar-refractivity contribution in [2.75, 3.05) is 13.2 Å². The number of cyclic esters (lactones) is 2. The Hall–Kier alpha value is -4.17. The highest BCUT2D eigenvalue weighted by molar-refractivity contribution is 5.84. The fourth-order valence-electron chi connectivity index (χ4n) is 19.0. The number of Topliss-reactive ketones (excluding diaryl/α,β-unsaturated/α-hetero) is 2. The van der Waals surface area contributed by atoms with Crippen molar-refractivity contribution >= 4 is 40.5 Å². The number of rotatable bonds is 17. The highest BCUT2D eigenvalue weighted by atomic mass is 16.7. The van der Waals surface area contributed by atoms with E-state index in [1.807, 2.05) is 98.0 Å². The minimum absolute atomic E-state index is 0.0226. The number of carbonyl (C=O) groups excluding carboxylic acids is 4. The molecule has 7 heterocycles. The molecule has 8 rings (SSSR count).